The van der Waals surface area contributed by atoms with E-state index in [0.29, 0.717) is 12.2 Å². The number of halogens is 1. The Balaban J connectivity index is 2.03. The zero-order valence-corrected chi connectivity index (χ0v) is 14.8. The first-order valence-corrected chi connectivity index (χ1v) is 8.21. The smallest absolute Gasteiger partial charge is 0.236 e. The molecule has 2 amide bonds. The predicted octanol–water partition coefficient (Wildman–Crippen LogP) is 4.14. The molecule has 120 valence electrons. The minimum absolute atomic E-state index is 0.186. The lowest BCUT2D eigenvalue weighted by atomic mass is 10.2. The van der Waals surface area contributed by atoms with Crippen molar-refractivity contribution < 1.29 is 9.59 Å². The normalized spacial score (nSPS) is 10.2. The van der Waals surface area contributed by atoms with Crippen LogP contribution in [0.4, 0.5) is 11.4 Å². The number of nitrogens with one attached hydrogen (secondary N) is 1. The minimum Gasteiger partial charge on any atom is -0.326 e. The number of aryl methyl sites for hydroxylation is 1. The number of hydrogen-bond acceptors (Lipinski definition) is 2. The molecule has 0 saturated carbocycles. The lowest BCUT2D eigenvalue weighted by molar-refractivity contribution is -0.125. The van der Waals surface area contributed by atoms with Gasteiger partial charge in [0.25, 0.3) is 0 Å². The molecule has 0 spiro atoms. The maximum Gasteiger partial charge on any atom is 0.236 e. The highest BCUT2D eigenvalue weighted by molar-refractivity contribution is 9.10. The van der Waals surface area contributed by atoms with Gasteiger partial charge in [0.2, 0.25) is 11.8 Å². The van der Waals surface area contributed by atoms with E-state index in [1.165, 1.54) is 0 Å². The topological polar surface area (TPSA) is 49.4 Å². The van der Waals surface area contributed by atoms with Crippen LogP contribution in [0, 0.1) is 6.92 Å². The molecule has 0 unspecified atom stereocenters. The highest BCUT2D eigenvalue weighted by atomic mass is 79.9. The van der Waals surface area contributed by atoms with E-state index in [-0.39, 0.29) is 18.2 Å². The molecule has 0 saturated heterocycles. The Hall–Kier alpha value is -2.14. The monoisotopic (exact) mass is 374 g/mol. The molecule has 0 radical (unpaired) electrons. The molecule has 0 aliphatic rings. The fraction of sp³-hybridized carbons (Fsp3) is 0.222. The van der Waals surface area contributed by atoms with Crippen molar-refractivity contribution in [1.29, 1.82) is 0 Å². The second-order valence-electron chi connectivity index (χ2n) is 5.21. The molecule has 0 fully saturated rings. The lowest BCUT2D eigenvalue weighted by Gasteiger charge is -2.21. The second kappa shape index (κ2) is 7.92. The average Bonchev–Trinajstić information content (AvgIpc) is 2.47. The Bertz CT molecular complexity index is 716. The van der Waals surface area contributed by atoms with Crippen LogP contribution in [0.1, 0.15) is 18.9 Å². The number of nitrogens with zero attached hydrogens (tertiary/aromatic N) is 1. The van der Waals surface area contributed by atoms with Gasteiger partial charge < -0.3 is 10.2 Å². The molecule has 23 heavy (non-hydrogen) atoms. The quantitative estimate of drug-likeness (QED) is 0.799. The van der Waals surface area contributed by atoms with E-state index in [2.05, 4.69) is 21.2 Å². The molecule has 1 N–H and O–H groups in total. The average molecular weight is 375 g/mol. The first-order chi connectivity index (χ1) is 11.0. The third-order valence-corrected chi connectivity index (χ3v) is 3.84. The third kappa shape index (κ3) is 4.93. The van der Waals surface area contributed by atoms with Crippen LogP contribution in [-0.4, -0.2) is 18.4 Å². The van der Waals surface area contributed by atoms with Gasteiger partial charge in [-0.05, 0) is 49.7 Å². The number of hydrogen-bond donors (Lipinski definition) is 1. The Morgan fingerprint density at radius 2 is 1.87 bits per heavy atom. The molecule has 2 aromatic carbocycles. The van der Waals surface area contributed by atoms with Crippen LogP contribution in [0.5, 0.6) is 0 Å². The Morgan fingerprint density at radius 1 is 1.13 bits per heavy atom. The van der Waals surface area contributed by atoms with E-state index in [1.807, 2.05) is 50.2 Å². The molecular formula is C18H19BrN2O2. The highest BCUT2D eigenvalue weighted by Gasteiger charge is 2.17. The zero-order chi connectivity index (χ0) is 16.8. The second-order valence-corrected chi connectivity index (χ2v) is 6.13. The fourth-order valence-corrected chi connectivity index (χ4v) is 2.70. The van der Waals surface area contributed by atoms with Crippen molar-refractivity contribution in [1.82, 2.24) is 0 Å². The first-order valence-electron chi connectivity index (χ1n) is 7.42. The molecule has 0 aromatic heterocycles. The van der Waals surface area contributed by atoms with Crippen LogP contribution in [0.15, 0.2) is 53.0 Å². The van der Waals surface area contributed by atoms with Crippen molar-refractivity contribution in [3.8, 4) is 0 Å². The Morgan fingerprint density at radius 3 is 2.52 bits per heavy atom. The van der Waals surface area contributed by atoms with Gasteiger partial charge in [0, 0.05) is 22.4 Å². The van der Waals surface area contributed by atoms with Gasteiger partial charge in [0.15, 0.2) is 0 Å². The van der Waals surface area contributed by atoms with Crippen LogP contribution in [0.25, 0.3) is 0 Å². The van der Waals surface area contributed by atoms with Crippen molar-refractivity contribution in [2.24, 2.45) is 0 Å². The maximum atomic E-state index is 12.4. The van der Waals surface area contributed by atoms with Gasteiger partial charge in [0.1, 0.15) is 6.42 Å². The van der Waals surface area contributed by atoms with E-state index in [4.69, 9.17) is 0 Å². The predicted molar refractivity (Wildman–Crippen MR) is 96.6 cm³/mol. The van der Waals surface area contributed by atoms with Crippen molar-refractivity contribution in [2.75, 3.05) is 16.8 Å². The van der Waals surface area contributed by atoms with Crippen molar-refractivity contribution in [3.05, 3.63) is 58.6 Å². The van der Waals surface area contributed by atoms with Crippen LogP contribution in [-0.2, 0) is 9.59 Å². The van der Waals surface area contributed by atoms with Crippen LogP contribution in [0.2, 0.25) is 0 Å². The molecule has 0 atom stereocenters. The molecular weight excluding hydrogens is 356 g/mol. The van der Waals surface area contributed by atoms with Crippen molar-refractivity contribution >= 4 is 39.1 Å². The molecule has 0 aliphatic heterocycles. The van der Waals surface area contributed by atoms with Gasteiger partial charge in [-0.25, -0.2) is 0 Å². The molecule has 0 heterocycles. The highest BCUT2D eigenvalue weighted by Crippen LogP contribution is 2.18. The largest absolute Gasteiger partial charge is 0.326 e. The van der Waals surface area contributed by atoms with E-state index in [9.17, 15) is 9.59 Å². The summed E-state index contributed by atoms with van der Waals surface area (Å²) in [6.07, 6.45) is -0.186. The van der Waals surface area contributed by atoms with Crippen molar-refractivity contribution in [2.45, 2.75) is 20.3 Å². The third-order valence-electron chi connectivity index (χ3n) is 3.35. The molecule has 5 heteroatoms. The van der Waals surface area contributed by atoms with E-state index in [0.717, 1.165) is 15.7 Å². The van der Waals surface area contributed by atoms with E-state index >= 15 is 0 Å². The van der Waals surface area contributed by atoms with Gasteiger partial charge in [-0.2, -0.15) is 0 Å². The summed E-state index contributed by atoms with van der Waals surface area (Å²) in [6, 6.07) is 15.0. The maximum absolute atomic E-state index is 12.4. The zero-order valence-electron chi connectivity index (χ0n) is 13.2. The van der Waals surface area contributed by atoms with Crippen LogP contribution in [0.3, 0.4) is 0 Å². The summed E-state index contributed by atoms with van der Waals surface area (Å²) >= 11 is 3.35. The Labute approximate surface area is 144 Å². The van der Waals surface area contributed by atoms with E-state index < -0.39 is 0 Å². The van der Waals surface area contributed by atoms with Gasteiger partial charge >= 0.3 is 0 Å². The summed E-state index contributed by atoms with van der Waals surface area (Å²) in [5.41, 5.74) is 2.55. The number of amides is 2. The number of anilines is 2. The van der Waals surface area contributed by atoms with Gasteiger partial charge in [-0.3, -0.25) is 9.59 Å². The minimum atomic E-state index is -0.320. The molecule has 0 aliphatic carbocycles. The Kier molecular flexibility index (Phi) is 5.93. The number of carbonyl (C=O) groups excluding carboxylic acids is 2. The first kappa shape index (κ1) is 17.2. The van der Waals surface area contributed by atoms with Crippen molar-refractivity contribution in [3.63, 3.8) is 0 Å². The fourth-order valence-electron chi connectivity index (χ4n) is 2.30. The molecule has 2 rings (SSSR count). The van der Waals surface area contributed by atoms with Gasteiger partial charge in [-0.15, -0.1) is 0 Å². The van der Waals surface area contributed by atoms with E-state index in [1.54, 1.807) is 17.0 Å². The number of benzene rings is 2. The summed E-state index contributed by atoms with van der Waals surface area (Å²) in [5.74, 6) is -0.537. The lowest BCUT2D eigenvalue weighted by Crippen LogP contribution is -2.33. The van der Waals surface area contributed by atoms with Gasteiger partial charge in [-0.1, -0.05) is 34.1 Å². The summed E-state index contributed by atoms with van der Waals surface area (Å²) < 4.78 is 0.872. The van der Waals surface area contributed by atoms with Crippen LogP contribution >= 0.6 is 15.9 Å². The summed E-state index contributed by atoms with van der Waals surface area (Å²) in [7, 11) is 0. The number of rotatable bonds is 5. The summed E-state index contributed by atoms with van der Waals surface area (Å²) in [4.78, 5) is 26.1. The summed E-state index contributed by atoms with van der Waals surface area (Å²) in [5, 5.41) is 2.74. The SMILES string of the molecule is CCN(C(=O)CC(=O)Nc1cccc(Br)c1)c1cccc(C)c1. The molecule has 4 nitrogen and oxygen atoms in total. The standard InChI is InChI=1S/C18H19BrN2O2/c1-3-21(16-9-4-6-13(2)10-16)18(23)12-17(22)20-15-8-5-7-14(19)11-15/h4-11H,3,12H2,1-2H3,(H,20,22). The van der Waals surface area contributed by atoms with Crippen LogP contribution < -0.4 is 10.2 Å². The molecule has 2 aromatic rings. The summed E-state index contributed by atoms with van der Waals surface area (Å²) in [6.45, 7) is 4.39. The van der Waals surface area contributed by atoms with Gasteiger partial charge in [0.05, 0.1) is 0 Å². The number of carbonyl (C=O) groups is 2. The molecule has 0 bridgehead atoms.